The van der Waals surface area contributed by atoms with Gasteiger partial charge in [0.25, 0.3) is 0 Å². The van der Waals surface area contributed by atoms with Crippen molar-refractivity contribution in [1.82, 2.24) is 10.2 Å². The fraction of sp³-hybridized carbons (Fsp3) is 1.00. The summed E-state index contributed by atoms with van der Waals surface area (Å²) in [7, 11) is 0. The van der Waals surface area contributed by atoms with Gasteiger partial charge in [-0.3, -0.25) is 4.90 Å². The molecule has 5 heteroatoms. The number of hydrogen-bond acceptors (Lipinski definition) is 2. The molecule has 1 saturated carbocycles. The molecule has 21 heavy (non-hydrogen) atoms. The number of hydrogen-bond donors (Lipinski definition) is 1. The quantitative estimate of drug-likeness (QED) is 0.831. The van der Waals surface area contributed by atoms with Crippen LogP contribution in [0.5, 0.6) is 0 Å². The maximum atomic E-state index is 12.7. The Kier molecular flexibility index (Phi) is 5.95. The first-order chi connectivity index (χ1) is 9.83. The molecule has 2 nitrogen and oxygen atoms in total. The molecule has 2 atom stereocenters. The van der Waals surface area contributed by atoms with Crippen LogP contribution in [0.25, 0.3) is 0 Å². The summed E-state index contributed by atoms with van der Waals surface area (Å²) in [4.78, 5) is 2.20. The Hall–Kier alpha value is -0.290. The van der Waals surface area contributed by atoms with E-state index in [1.54, 1.807) is 0 Å². The average Bonchev–Trinajstić information content (AvgIpc) is 2.87. The Morgan fingerprint density at radius 3 is 2.33 bits per heavy atom. The van der Waals surface area contributed by atoms with Gasteiger partial charge in [-0.1, -0.05) is 12.8 Å². The van der Waals surface area contributed by atoms with E-state index in [2.05, 4.69) is 24.1 Å². The van der Waals surface area contributed by atoms with Crippen LogP contribution in [0.1, 0.15) is 52.4 Å². The lowest BCUT2D eigenvalue weighted by atomic mass is 9.90. The van der Waals surface area contributed by atoms with Crippen LogP contribution in [0.15, 0.2) is 0 Å². The Balaban J connectivity index is 1.86. The van der Waals surface area contributed by atoms with Gasteiger partial charge in [0.15, 0.2) is 0 Å². The van der Waals surface area contributed by atoms with E-state index in [0.717, 1.165) is 19.0 Å². The van der Waals surface area contributed by atoms with Gasteiger partial charge in [-0.05, 0) is 51.5 Å². The highest BCUT2D eigenvalue weighted by molar-refractivity contribution is 4.87. The number of likely N-dealkylation sites (tertiary alicyclic amines) is 1. The van der Waals surface area contributed by atoms with Crippen LogP contribution >= 0.6 is 0 Å². The van der Waals surface area contributed by atoms with Crippen LogP contribution in [0, 0.1) is 11.8 Å². The van der Waals surface area contributed by atoms with Gasteiger partial charge in [-0.2, -0.15) is 13.2 Å². The van der Waals surface area contributed by atoms with Crippen LogP contribution in [0.3, 0.4) is 0 Å². The molecule has 0 amide bonds. The number of nitrogens with one attached hydrogen (secondary N) is 1. The summed E-state index contributed by atoms with van der Waals surface area (Å²) >= 11 is 0. The molecule has 0 aromatic rings. The molecule has 2 unspecified atom stereocenters. The van der Waals surface area contributed by atoms with Crippen molar-refractivity contribution >= 4 is 0 Å². The molecule has 0 radical (unpaired) electrons. The monoisotopic (exact) mass is 306 g/mol. The minimum absolute atomic E-state index is 0.217. The van der Waals surface area contributed by atoms with E-state index < -0.39 is 12.6 Å². The molecule has 1 saturated heterocycles. The predicted molar refractivity (Wildman–Crippen MR) is 79.2 cm³/mol. The number of halogens is 3. The van der Waals surface area contributed by atoms with E-state index in [1.807, 2.05) is 0 Å². The van der Waals surface area contributed by atoms with Crippen molar-refractivity contribution in [3.63, 3.8) is 0 Å². The van der Waals surface area contributed by atoms with Crippen molar-refractivity contribution in [2.24, 2.45) is 11.8 Å². The highest BCUT2D eigenvalue weighted by Gasteiger charge is 2.37. The SMILES string of the molecule is CC(C)N1CC(CC(F)(F)F)CC(NCC2CCCC2)C1. The molecule has 1 aliphatic heterocycles. The van der Waals surface area contributed by atoms with Gasteiger partial charge >= 0.3 is 6.18 Å². The van der Waals surface area contributed by atoms with Crippen LogP contribution < -0.4 is 5.32 Å². The molecule has 124 valence electrons. The number of alkyl halides is 3. The molecular weight excluding hydrogens is 277 g/mol. The van der Waals surface area contributed by atoms with E-state index in [-0.39, 0.29) is 12.0 Å². The third kappa shape index (κ3) is 5.78. The molecular formula is C16H29F3N2. The van der Waals surface area contributed by atoms with Crippen LogP contribution in [0.2, 0.25) is 0 Å². The van der Waals surface area contributed by atoms with Crippen LogP contribution in [-0.2, 0) is 0 Å². The third-order valence-electron chi connectivity index (χ3n) is 4.99. The second-order valence-electron chi connectivity index (χ2n) is 7.22. The Labute approximate surface area is 126 Å². The van der Waals surface area contributed by atoms with Crippen LogP contribution in [0.4, 0.5) is 13.2 Å². The summed E-state index contributed by atoms with van der Waals surface area (Å²) in [6.45, 7) is 6.60. The second kappa shape index (κ2) is 7.32. The lowest BCUT2D eigenvalue weighted by molar-refractivity contribution is -0.149. The molecule has 2 fully saturated rings. The maximum Gasteiger partial charge on any atom is 0.389 e. The fourth-order valence-corrected chi connectivity index (χ4v) is 3.83. The summed E-state index contributed by atoms with van der Waals surface area (Å²) in [5.74, 6) is 0.475. The van der Waals surface area contributed by atoms with Gasteiger partial charge < -0.3 is 5.32 Å². The van der Waals surface area contributed by atoms with Gasteiger partial charge in [0, 0.05) is 31.6 Å². The minimum Gasteiger partial charge on any atom is -0.312 e. The van der Waals surface area contributed by atoms with Crippen molar-refractivity contribution in [3.05, 3.63) is 0 Å². The lowest BCUT2D eigenvalue weighted by Gasteiger charge is -2.41. The number of nitrogens with zero attached hydrogens (tertiary/aromatic N) is 1. The predicted octanol–water partition coefficient (Wildman–Crippen LogP) is 3.82. The zero-order valence-electron chi connectivity index (χ0n) is 13.3. The summed E-state index contributed by atoms with van der Waals surface area (Å²) in [5, 5.41) is 3.56. The molecule has 2 rings (SSSR count). The second-order valence-corrected chi connectivity index (χ2v) is 7.22. The molecule has 0 bridgehead atoms. The molecule has 0 aromatic carbocycles. The van der Waals surface area contributed by atoms with E-state index in [0.29, 0.717) is 19.0 Å². The summed E-state index contributed by atoms with van der Waals surface area (Å²) in [6.07, 6.45) is 1.16. The first-order valence-corrected chi connectivity index (χ1v) is 8.37. The molecule has 2 aliphatic rings. The van der Waals surface area contributed by atoms with Crippen molar-refractivity contribution in [3.8, 4) is 0 Å². The molecule has 1 aliphatic carbocycles. The highest BCUT2D eigenvalue weighted by Crippen LogP contribution is 2.31. The van der Waals surface area contributed by atoms with Crippen molar-refractivity contribution in [1.29, 1.82) is 0 Å². The lowest BCUT2D eigenvalue weighted by Crippen LogP contribution is -2.52. The number of piperidine rings is 1. The summed E-state index contributed by atoms with van der Waals surface area (Å²) in [6, 6.07) is 0.533. The Morgan fingerprint density at radius 2 is 1.76 bits per heavy atom. The summed E-state index contributed by atoms with van der Waals surface area (Å²) in [5.41, 5.74) is 0. The van der Waals surface area contributed by atoms with Gasteiger partial charge in [-0.25, -0.2) is 0 Å². The van der Waals surface area contributed by atoms with Gasteiger partial charge in [-0.15, -0.1) is 0 Å². The first kappa shape index (κ1) is 17.1. The van der Waals surface area contributed by atoms with Gasteiger partial charge in [0.05, 0.1) is 0 Å². The zero-order valence-corrected chi connectivity index (χ0v) is 13.3. The molecule has 0 spiro atoms. The normalized spacial score (nSPS) is 29.4. The minimum atomic E-state index is -4.04. The smallest absolute Gasteiger partial charge is 0.312 e. The Morgan fingerprint density at radius 1 is 1.10 bits per heavy atom. The van der Waals surface area contributed by atoms with Crippen molar-refractivity contribution in [2.45, 2.75) is 70.6 Å². The van der Waals surface area contributed by atoms with Gasteiger partial charge in [0.2, 0.25) is 0 Å². The van der Waals surface area contributed by atoms with Crippen molar-refractivity contribution < 1.29 is 13.2 Å². The van der Waals surface area contributed by atoms with E-state index in [9.17, 15) is 13.2 Å². The molecule has 0 aromatic heterocycles. The average molecular weight is 306 g/mol. The largest absolute Gasteiger partial charge is 0.389 e. The topological polar surface area (TPSA) is 15.3 Å². The standard InChI is InChI=1S/C16H29F3N2/c1-12(2)21-10-14(8-16(17,18)19)7-15(11-21)20-9-13-5-3-4-6-13/h12-15,20H,3-11H2,1-2H3. The zero-order chi connectivity index (χ0) is 15.5. The van der Waals surface area contributed by atoms with E-state index in [4.69, 9.17) is 0 Å². The fourth-order valence-electron chi connectivity index (χ4n) is 3.83. The third-order valence-corrected chi connectivity index (χ3v) is 4.99. The number of rotatable bonds is 5. The molecule has 1 heterocycles. The first-order valence-electron chi connectivity index (χ1n) is 8.37. The molecule has 1 N–H and O–H groups in total. The Bertz CT molecular complexity index is 311. The van der Waals surface area contributed by atoms with Gasteiger partial charge in [0.1, 0.15) is 0 Å². The van der Waals surface area contributed by atoms with E-state index in [1.165, 1.54) is 25.7 Å². The van der Waals surface area contributed by atoms with E-state index >= 15 is 0 Å². The van der Waals surface area contributed by atoms with Crippen molar-refractivity contribution in [2.75, 3.05) is 19.6 Å². The maximum absolute atomic E-state index is 12.7. The highest BCUT2D eigenvalue weighted by atomic mass is 19.4. The summed E-state index contributed by atoms with van der Waals surface area (Å²) < 4.78 is 38.1. The van der Waals surface area contributed by atoms with Crippen LogP contribution in [-0.4, -0.2) is 42.8 Å².